The van der Waals surface area contributed by atoms with Gasteiger partial charge in [-0.05, 0) is 36.4 Å². The number of benzene rings is 2. The normalized spacial score (nSPS) is 10.6. The molecule has 0 spiro atoms. The standard InChI is InChI=1S/C14H9ClN2O2/c15-13-14(19-10-7-5-9(18)6-8-10)17-12-4-2-1-3-11(12)16-13/h1-8,18H. The number of aromatic hydroxyl groups is 1. The molecule has 2 aromatic carbocycles. The van der Waals surface area contributed by atoms with Gasteiger partial charge in [0.15, 0.2) is 5.15 Å². The molecule has 0 saturated carbocycles. The van der Waals surface area contributed by atoms with Crippen LogP contribution in [-0.4, -0.2) is 15.1 Å². The van der Waals surface area contributed by atoms with Crippen molar-refractivity contribution in [2.24, 2.45) is 0 Å². The fourth-order valence-corrected chi connectivity index (χ4v) is 1.82. The first-order valence-electron chi connectivity index (χ1n) is 5.61. The number of rotatable bonds is 2. The fraction of sp³-hybridized carbons (Fsp3) is 0. The zero-order valence-corrected chi connectivity index (χ0v) is 10.5. The summed E-state index contributed by atoms with van der Waals surface area (Å²) in [5, 5.41) is 9.41. The van der Waals surface area contributed by atoms with Gasteiger partial charge in [-0.25, -0.2) is 9.97 Å². The molecule has 5 heteroatoms. The van der Waals surface area contributed by atoms with E-state index in [1.54, 1.807) is 12.1 Å². The van der Waals surface area contributed by atoms with E-state index >= 15 is 0 Å². The van der Waals surface area contributed by atoms with Crippen LogP contribution in [0.3, 0.4) is 0 Å². The Morgan fingerprint density at radius 3 is 2.21 bits per heavy atom. The van der Waals surface area contributed by atoms with Crippen LogP contribution in [0.5, 0.6) is 17.4 Å². The summed E-state index contributed by atoms with van der Waals surface area (Å²) in [7, 11) is 0. The maximum Gasteiger partial charge on any atom is 0.258 e. The Balaban J connectivity index is 2.00. The molecule has 0 aliphatic heterocycles. The average Bonchev–Trinajstić information content (AvgIpc) is 2.42. The van der Waals surface area contributed by atoms with Gasteiger partial charge in [-0.15, -0.1) is 0 Å². The van der Waals surface area contributed by atoms with Crippen LogP contribution >= 0.6 is 11.6 Å². The number of ether oxygens (including phenoxy) is 1. The van der Waals surface area contributed by atoms with E-state index in [2.05, 4.69) is 9.97 Å². The molecule has 4 nitrogen and oxygen atoms in total. The lowest BCUT2D eigenvalue weighted by molar-refractivity contribution is 0.454. The van der Waals surface area contributed by atoms with Crippen LogP contribution in [0.2, 0.25) is 5.15 Å². The van der Waals surface area contributed by atoms with Crippen molar-refractivity contribution in [2.45, 2.75) is 0 Å². The van der Waals surface area contributed by atoms with Gasteiger partial charge >= 0.3 is 0 Å². The van der Waals surface area contributed by atoms with Crippen molar-refractivity contribution < 1.29 is 9.84 Å². The minimum atomic E-state index is 0.169. The van der Waals surface area contributed by atoms with Crippen LogP contribution < -0.4 is 4.74 Å². The van der Waals surface area contributed by atoms with Crippen LogP contribution in [0.1, 0.15) is 0 Å². The number of phenols is 1. The Kier molecular flexibility index (Phi) is 2.93. The summed E-state index contributed by atoms with van der Waals surface area (Å²) in [4.78, 5) is 8.53. The number of para-hydroxylation sites is 2. The molecular formula is C14H9ClN2O2. The molecule has 94 valence electrons. The van der Waals surface area contributed by atoms with Gasteiger partial charge in [-0.2, -0.15) is 0 Å². The number of hydrogen-bond donors (Lipinski definition) is 1. The molecule has 0 aliphatic carbocycles. The van der Waals surface area contributed by atoms with Crippen molar-refractivity contribution in [3.8, 4) is 17.4 Å². The predicted octanol–water partition coefficient (Wildman–Crippen LogP) is 3.78. The Morgan fingerprint density at radius 2 is 1.53 bits per heavy atom. The second kappa shape index (κ2) is 4.74. The first-order chi connectivity index (χ1) is 9.22. The fourth-order valence-electron chi connectivity index (χ4n) is 1.65. The number of halogens is 1. The topological polar surface area (TPSA) is 55.2 Å². The van der Waals surface area contributed by atoms with Crippen molar-refractivity contribution in [3.63, 3.8) is 0 Å². The van der Waals surface area contributed by atoms with E-state index in [0.29, 0.717) is 16.8 Å². The molecule has 3 aromatic rings. The molecule has 1 N–H and O–H groups in total. The highest BCUT2D eigenvalue weighted by Crippen LogP contribution is 2.28. The smallest absolute Gasteiger partial charge is 0.258 e. The molecule has 0 unspecified atom stereocenters. The molecule has 3 rings (SSSR count). The maximum absolute atomic E-state index is 9.21. The third-order valence-electron chi connectivity index (χ3n) is 2.55. The zero-order valence-electron chi connectivity index (χ0n) is 9.75. The Bertz CT molecular complexity index is 729. The summed E-state index contributed by atoms with van der Waals surface area (Å²) in [5.74, 6) is 0.943. The van der Waals surface area contributed by atoms with Crippen molar-refractivity contribution in [1.82, 2.24) is 9.97 Å². The van der Waals surface area contributed by atoms with Crippen LogP contribution in [0.25, 0.3) is 11.0 Å². The summed E-state index contributed by atoms with van der Waals surface area (Å²) in [6.07, 6.45) is 0. The molecule has 1 heterocycles. The number of hydrogen-bond acceptors (Lipinski definition) is 4. The third kappa shape index (κ3) is 2.44. The van der Waals surface area contributed by atoms with Crippen LogP contribution in [0.15, 0.2) is 48.5 Å². The summed E-state index contributed by atoms with van der Waals surface area (Å²) < 4.78 is 5.56. The summed E-state index contributed by atoms with van der Waals surface area (Å²) >= 11 is 6.04. The quantitative estimate of drug-likeness (QED) is 0.771. The van der Waals surface area contributed by atoms with E-state index in [-0.39, 0.29) is 16.8 Å². The van der Waals surface area contributed by atoms with Gasteiger partial charge in [0.1, 0.15) is 11.5 Å². The Morgan fingerprint density at radius 1 is 0.895 bits per heavy atom. The van der Waals surface area contributed by atoms with Gasteiger partial charge in [0.25, 0.3) is 5.88 Å². The first kappa shape index (κ1) is 11.7. The highest BCUT2D eigenvalue weighted by molar-refractivity contribution is 6.31. The first-order valence-corrected chi connectivity index (χ1v) is 5.99. The van der Waals surface area contributed by atoms with Gasteiger partial charge in [0, 0.05) is 0 Å². The zero-order chi connectivity index (χ0) is 13.2. The Hall–Kier alpha value is -2.33. The van der Waals surface area contributed by atoms with Crippen molar-refractivity contribution >= 4 is 22.6 Å². The van der Waals surface area contributed by atoms with Gasteiger partial charge in [-0.1, -0.05) is 23.7 Å². The Labute approximate surface area is 114 Å². The van der Waals surface area contributed by atoms with Gasteiger partial charge in [0.05, 0.1) is 11.0 Å². The van der Waals surface area contributed by atoms with Crippen molar-refractivity contribution in [1.29, 1.82) is 0 Å². The summed E-state index contributed by atoms with van der Waals surface area (Å²) in [5.41, 5.74) is 1.42. The van der Waals surface area contributed by atoms with Crippen LogP contribution in [0, 0.1) is 0 Å². The van der Waals surface area contributed by atoms with Crippen LogP contribution in [0.4, 0.5) is 0 Å². The molecule has 0 atom stereocenters. The molecule has 1 aromatic heterocycles. The number of aromatic nitrogens is 2. The monoisotopic (exact) mass is 272 g/mol. The summed E-state index contributed by atoms with van der Waals surface area (Å²) in [6.45, 7) is 0. The highest BCUT2D eigenvalue weighted by atomic mass is 35.5. The number of phenolic OH excluding ortho intramolecular Hbond substituents is 1. The number of nitrogens with zero attached hydrogens (tertiary/aromatic N) is 2. The largest absolute Gasteiger partial charge is 0.508 e. The second-order valence-electron chi connectivity index (χ2n) is 3.90. The molecular weight excluding hydrogens is 264 g/mol. The number of fused-ring (bicyclic) bond motifs is 1. The molecule has 0 bridgehead atoms. The van der Waals surface area contributed by atoms with Gasteiger partial charge in [0.2, 0.25) is 0 Å². The minimum absolute atomic E-state index is 0.169. The maximum atomic E-state index is 9.21. The lowest BCUT2D eigenvalue weighted by Gasteiger charge is -2.07. The molecule has 19 heavy (non-hydrogen) atoms. The minimum Gasteiger partial charge on any atom is -0.508 e. The van der Waals surface area contributed by atoms with Gasteiger partial charge < -0.3 is 9.84 Å². The lowest BCUT2D eigenvalue weighted by atomic mass is 10.3. The third-order valence-corrected chi connectivity index (χ3v) is 2.80. The van der Waals surface area contributed by atoms with E-state index < -0.39 is 0 Å². The lowest BCUT2D eigenvalue weighted by Crippen LogP contribution is -1.92. The van der Waals surface area contributed by atoms with E-state index in [9.17, 15) is 5.11 Å². The highest BCUT2D eigenvalue weighted by Gasteiger charge is 2.08. The van der Waals surface area contributed by atoms with E-state index in [0.717, 1.165) is 0 Å². The van der Waals surface area contributed by atoms with E-state index in [4.69, 9.17) is 16.3 Å². The molecule has 0 aliphatic rings. The average molecular weight is 273 g/mol. The van der Waals surface area contributed by atoms with E-state index in [1.165, 1.54) is 12.1 Å². The molecule has 0 amide bonds. The van der Waals surface area contributed by atoms with Crippen molar-refractivity contribution in [3.05, 3.63) is 53.7 Å². The molecule has 0 saturated heterocycles. The van der Waals surface area contributed by atoms with Crippen molar-refractivity contribution in [2.75, 3.05) is 0 Å². The molecule has 0 radical (unpaired) electrons. The van der Waals surface area contributed by atoms with Crippen LogP contribution in [-0.2, 0) is 0 Å². The van der Waals surface area contributed by atoms with E-state index in [1.807, 2.05) is 24.3 Å². The predicted molar refractivity (Wildman–Crippen MR) is 72.7 cm³/mol. The second-order valence-corrected chi connectivity index (χ2v) is 4.26. The summed E-state index contributed by atoms with van der Waals surface area (Å²) in [6, 6.07) is 13.7. The molecule has 0 fully saturated rings. The van der Waals surface area contributed by atoms with Gasteiger partial charge in [-0.3, -0.25) is 0 Å². The SMILES string of the molecule is Oc1ccc(Oc2nc3ccccc3nc2Cl)cc1.